The zero-order valence-electron chi connectivity index (χ0n) is 20.4. The molecule has 1 aromatic carbocycles. The maximum atomic E-state index is 13.0. The molecule has 3 heterocycles. The second-order valence-electron chi connectivity index (χ2n) is 9.05. The zero-order valence-corrected chi connectivity index (χ0v) is 20.4. The van der Waals surface area contributed by atoms with Gasteiger partial charge >= 0.3 is 6.61 Å². The molecular weight excluding hydrogens is 466 g/mol. The van der Waals surface area contributed by atoms with E-state index in [9.17, 15) is 24.1 Å². The molecule has 4 rings (SSSR count). The smallest absolute Gasteiger partial charge is 0.387 e. The summed E-state index contributed by atoms with van der Waals surface area (Å²) in [6.45, 7) is 4.41. The van der Waals surface area contributed by atoms with Gasteiger partial charge in [0.1, 0.15) is 34.7 Å². The summed E-state index contributed by atoms with van der Waals surface area (Å²) in [4.78, 5) is 21.8. The van der Waals surface area contributed by atoms with Crippen molar-refractivity contribution in [3.8, 4) is 17.9 Å². The topological polar surface area (TPSA) is 98.2 Å². The van der Waals surface area contributed by atoms with Crippen LogP contribution in [0.5, 0.6) is 5.75 Å². The van der Waals surface area contributed by atoms with Crippen molar-refractivity contribution in [1.29, 1.82) is 10.5 Å². The van der Waals surface area contributed by atoms with Crippen LogP contribution in [0.2, 0.25) is 0 Å². The second-order valence-corrected chi connectivity index (χ2v) is 9.05. The molecule has 3 aromatic rings. The lowest BCUT2D eigenvalue weighted by atomic mass is 9.99. The average molecular weight is 493 g/mol. The van der Waals surface area contributed by atoms with E-state index in [2.05, 4.69) is 34.5 Å². The first-order valence-electron chi connectivity index (χ1n) is 11.6. The maximum Gasteiger partial charge on any atom is 0.387 e. The van der Waals surface area contributed by atoms with Crippen molar-refractivity contribution >= 4 is 16.7 Å². The predicted molar refractivity (Wildman–Crippen MR) is 131 cm³/mol. The van der Waals surface area contributed by atoms with Crippen LogP contribution in [0.15, 0.2) is 41.2 Å². The first-order chi connectivity index (χ1) is 17.2. The Kier molecular flexibility index (Phi) is 6.91. The van der Waals surface area contributed by atoms with E-state index in [1.54, 1.807) is 31.3 Å². The minimum absolute atomic E-state index is 0.00255. The second kappa shape index (κ2) is 9.92. The van der Waals surface area contributed by atoms with Gasteiger partial charge in [-0.15, -0.1) is 0 Å². The molecule has 10 heteroatoms. The molecule has 186 valence electrons. The number of anilines is 1. The lowest BCUT2D eigenvalue weighted by Gasteiger charge is -2.48. The number of fused-ring (bicyclic) bond motifs is 1. The van der Waals surface area contributed by atoms with Crippen molar-refractivity contribution < 1.29 is 13.5 Å². The molecule has 36 heavy (non-hydrogen) atoms. The van der Waals surface area contributed by atoms with E-state index in [1.807, 2.05) is 17.9 Å². The Balaban J connectivity index is 1.69. The lowest BCUT2D eigenvalue weighted by Crippen LogP contribution is -2.57. The molecule has 0 spiro atoms. The summed E-state index contributed by atoms with van der Waals surface area (Å²) in [6, 6.07) is 13.9. The Bertz CT molecular complexity index is 1420. The van der Waals surface area contributed by atoms with Crippen LogP contribution in [0, 0.1) is 22.7 Å². The maximum absolute atomic E-state index is 13.0. The van der Waals surface area contributed by atoms with E-state index in [0.717, 1.165) is 5.56 Å². The molecule has 1 unspecified atom stereocenters. The highest BCUT2D eigenvalue weighted by Gasteiger charge is 2.35. The molecule has 2 aromatic heterocycles. The third-order valence-corrected chi connectivity index (χ3v) is 6.85. The van der Waals surface area contributed by atoms with Crippen molar-refractivity contribution in [1.82, 2.24) is 14.5 Å². The molecule has 1 aliphatic rings. The number of nitrogens with zero attached hydrogens (tertiary/aromatic N) is 6. The number of nitriles is 2. The number of rotatable bonds is 5. The summed E-state index contributed by atoms with van der Waals surface area (Å²) in [5.41, 5.74) is 2.21. The number of aromatic nitrogens is 2. The first-order valence-corrected chi connectivity index (χ1v) is 11.6. The number of benzene rings is 1. The Morgan fingerprint density at radius 3 is 2.36 bits per heavy atom. The van der Waals surface area contributed by atoms with E-state index in [4.69, 9.17) is 0 Å². The summed E-state index contributed by atoms with van der Waals surface area (Å²) in [5, 5.41) is 19.3. The molecule has 3 atom stereocenters. The third-order valence-electron chi connectivity index (χ3n) is 6.85. The standard InChI is InChI=1S/C26H26F2N6O2/c1-15-14-34(16(2)13-33(15)17(3)18-5-8-20(9-6-18)36-26(27)28)24-21(12-30)25(35)32(4)22-10-7-19(11-29)31-23(22)24/h5-10,15-17,26H,13-14H2,1-4H3/t15-,16+,17?/m1/s1. The average Bonchev–Trinajstić information content (AvgIpc) is 2.86. The van der Waals surface area contributed by atoms with Crippen LogP contribution in [0.25, 0.3) is 11.0 Å². The molecular formula is C26H26F2N6O2. The number of aryl methyl sites for hydroxylation is 1. The first kappa shape index (κ1) is 25.1. The Hall–Kier alpha value is -4.02. The molecule has 0 amide bonds. The van der Waals surface area contributed by atoms with E-state index in [1.165, 1.54) is 16.7 Å². The number of ether oxygens (including phenoxy) is 1. The SMILES string of the molecule is CC(c1ccc(OC(F)F)cc1)N1C[C@H](C)N(c2c(C#N)c(=O)n(C)c3ccc(C#N)nc23)C[C@H]1C. The quantitative estimate of drug-likeness (QED) is 0.532. The molecule has 0 aliphatic carbocycles. The van der Waals surface area contributed by atoms with Gasteiger partial charge in [0.25, 0.3) is 5.56 Å². The Morgan fingerprint density at radius 1 is 1.06 bits per heavy atom. The van der Waals surface area contributed by atoms with E-state index >= 15 is 0 Å². The lowest BCUT2D eigenvalue weighted by molar-refractivity contribution is -0.0498. The van der Waals surface area contributed by atoms with Crippen LogP contribution in [0.3, 0.4) is 0 Å². The van der Waals surface area contributed by atoms with Crippen LogP contribution >= 0.6 is 0 Å². The fraction of sp³-hybridized carbons (Fsp3) is 0.385. The van der Waals surface area contributed by atoms with Crippen molar-refractivity contribution in [3.63, 3.8) is 0 Å². The third kappa shape index (κ3) is 4.48. The molecule has 1 saturated heterocycles. The Morgan fingerprint density at radius 2 is 1.75 bits per heavy atom. The molecule has 8 nitrogen and oxygen atoms in total. The number of pyridine rings is 2. The molecule has 1 fully saturated rings. The van der Waals surface area contributed by atoms with E-state index < -0.39 is 12.2 Å². The van der Waals surface area contributed by atoms with Crippen molar-refractivity contribution in [2.24, 2.45) is 7.05 Å². The van der Waals surface area contributed by atoms with Crippen molar-refractivity contribution in [2.75, 3.05) is 18.0 Å². The molecule has 0 radical (unpaired) electrons. The highest BCUT2D eigenvalue weighted by atomic mass is 19.3. The number of hydrogen-bond acceptors (Lipinski definition) is 7. The summed E-state index contributed by atoms with van der Waals surface area (Å²) < 4.78 is 30.8. The van der Waals surface area contributed by atoms with Crippen molar-refractivity contribution in [2.45, 2.75) is 45.5 Å². The highest BCUT2D eigenvalue weighted by Crippen LogP contribution is 2.34. The van der Waals surface area contributed by atoms with Gasteiger partial charge in [0.2, 0.25) is 0 Å². The van der Waals surface area contributed by atoms with Crippen LogP contribution in [-0.2, 0) is 7.05 Å². The summed E-state index contributed by atoms with van der Waals surface area (Å²) >= 11 is 0. The monoisotopic (exact) mass is 492 g/mol. The normalized spacial score (nSPS) is 19.2. The summed E-state index contributed by atoms with van der Waals surface area (Å²) in [6.07, 6.45) is 0. The van der Waals surface area contributed by atoms with Gasteiger partial charge in [0.05, 0.1) is 11.2 Å². The predicted octanol–water partition coefficient (Wildman–Crippen LogP) is 3.94. The zero-order chi connectivity index (χ0) is 26.1. The fourth-order valence-electron chi connectivity index (χ4n) is 4.96. The molecule has 1 aliphatic heterocycles. The summed E-state index contributed by atoms with van der Waals surface area (Å²) in [5.74, 6) is 0.109. The van der Waals surface area contributed by atoms with Crippen LogP contribution < -0.4 is 15.2 Å². The van der Waals surface area contributed by atoms with Gasteiger partial charge in [-0.25, -0.2) is 4.98 Å². The minimum atomic E-state index is -2.87. The summed E-state index contributed by atoms with van der Waals surface area (Å²) in [7, 11) is 1.59. The van der Waals surface area contributed by atoms with Gasteiger partial charge < -0.3 is 14.2 Å². The van der Waals surface area contributed by atoms with Crippen molar-refractivity contribution in [3.05, 3.63) is 63.6 Å². The minimum Gasteiger partial charge on any atom is -0.435 e. The highest BCUT2D eigenvalue weighted by molar-refractivity contribution is 5.92. The van der Waals surface area contributed by atoms with Crippen LogP contribution in [0.1, 0.15) is 43.6 Å². The Labute approximate surface area is 207 Å². The van der Waals surface area contributed by atoms with E-state index in [-0.39, 0.29) is 35.1 Å². The molecule has 0 saturated carbocycles. The van der Waals surface area contributed by atoms with Crippen LogP contribution in [-0.4, -0.2) is 46.2 Å². The van der Waals surface area contributed by atoms with Gasteiger partial charge in [-0.05, 0) is 50.6 Å². The van der Waals surface area contributed by atoms with Crippen LogP contribution in [0.4, 0.5) is 14.5 Å². The largest absolute Gasteiger partial charge is 0.435 e. The number of hydrogen-bond donors (Lipinski definition) is 0. The van der Waals surface area contributed by atoms with E-state index in [0.29, 0.717) is 29.8 Å². The van der Waals surface area contributed by atoms with Gasteiger partial charge in [-0.1, -0.05) is 12.1 Å². The number of alkyl halides is 2. The molecule has 0 bridgehead atoms. The van der Waals surface area contributed by atoms with Gasteiger partial charge in [-0.2, -0.15) is 19.3 Å². The number of piperazine rings is 1. The van der Waals surface area contributed by atoms with Gasteiger partial charge in [0, 0.05) is 38.3 Å². The molecule has 0 N–H and O–H groups in total. The fourth-order valence-corrected chi connectivity index (χ4v) is 4.96. The number of halogens is 2. The van der Waals surface area contributed by atoms with Gasteiger partial charge in [0.15, 0.2) is 0 Å². The van der Waals surface area contributed by atoms with Gasteiger partial charge in [-0.3, -0.25) is 9.69 Å².